The van der Waals surface area contributed by atoms with Crippen molar-refractivity contribution in [2.75, 3.05) is 5.73 Å². The fourth-order valence-electron chi connectivity index (χ4n) is 1.48. The van der Waals surface area contributed by atoms with Crippen LogP contribution in [0, 0.1) is 0 Å². The second kappa shape index (κ2) is 3.76. The molecule has 7 heteroatoms. The van der Waals surface area contributed by atoms with Crippen LogP contribution in [0.2, 0.25) is 0 Å². The summed E-state index contributed by atoms with van der Waals surface area (Å²) in [5, 5.41) is 0. The summed E-state index contributed by atoms with van der Waals surface area (Å²) in [5.74, 6) is -0.203. The number of anilines is 1. The molecule has 0 spiro atoms. The van der Waals surface area contributed by atoms with Crippen LogP contribution in [0.4, 0.5) is 19.1 Å². The number of hydrogen-bond acceptors (Lipinski definition) is 3. The van der Waals surface area contributed by atoms with Crippen LogP contribution in [-0.2, 0) is 6.54 Å². The first kappa shape index (κ1) is 11.4. The Morgan fingerprint density at radius 2 is 2.06 bits per heavy atom. The minimum atomic E-state index is -4.37. The van der Waals surface area contributed by atoms with Crippen LogP contribution < -0.4 is 5.73 Å². The largest absolute Gasteiger partial charge is 0.406 e. The SMILES string of the molecule is C=Cc1ccc2nc(N)n(CC(F)(F)F)c2n1. The van der Waals surface area contributed by atoms with E-state index in [2.05, 4.69) is 16.5 Å². The lowest BCUT2D eigenvalue weighted by atomic mass is 10.3. The van der Waals surface area contributed by atoms with Gasteiger partial charge in [0, 0.05) is 0 Å². The Morgan fingerprint density at radius 1 is 1.35 bits per heavy atom. The first-order valence-corrected chi connectivity index (χ1v) is 4.72. The van der Waals surface area contributed by atoms with Gasteiger partial charge in [-0.15, -0.1) is 0 Å². The van der Waals surface area contributed by atoms with E-state index in [1.165, 1.54) is 6.08 Å². The van der Waals surface area contributed by atoms with Crippen molar-refractivity contribution < 1.29 is 13.2 Å². The van der Waals surface area contributed by atoms with E-state index in [9.17, 15) is 13.2 Å². The number of pyridine rings is 1. The number of fused-ring (bicyclic) bond motifs is 1. The van der Waals surface area contributed by atoms with Crippen molar-refractivity contribution >= 4 is 23.2 Å². The quantitative estimate of drug-likeness (QED) is 0.878. The minimum Gasteiger partial charge on any atom is -0.369 e. The lowest BCUT2D eigenvalue weighted by Crippen LogP contribution is -2.19. The van der Waals surface area contributed by atoms with Gasteiger partial charge in [0.25, 0.3) is 0 Å². The maximum absolute atomic E-state index is 12.4. The molecule has 0 amide bonds. The maximum atomic E-state index is 12.4. The third-order valence-corrected chi connectivity index (χ3v) is 2.19. The Balaban J connectivity index is 2.60. The predicted octanol–water partition coefficient (Wildman–Crippen LogP) is 2.22. The van der Waals surface area contributed by atoms with E-state index in [1.54, 1.807) is 12.1 Å². The molecule has 0 atom stereocenters. The third kappa shape index (κ3) is 2.22. The van der Waals surface area contributed by atoms with Crippen LogP contribution in [0.5, 0.6) is 0 Å². The van der Waals surface area contributed by atoms with Gasteiger partial charge in [0.2, 0.25) is 5.95 Å². The summed E-state index contributed by atoms with van der Waals surface area (Å²) in [6.45, 7) is 2.30. The van der Waals surface area contributed by atoms with Crippen molar-refractivity contribution in [3.05, 3.63) is 24.4 Å². The molecule has 0 unspecified atom stereocenters. The minimum absolute atomic E-state index is 0.109. The highest BCUT2D eigenvalue weighted by Crippen LogP contribution is 2.23. The van der Waals surface area contributed by atoms with Crippen LogP contribution in [-0.4, -0.2) is 20.7 Å². The first-order chi connectivity index (χ1) is 7.90. The van der Waals surface area contributed by atoms with Gasteiger partial charge in [-0.2, -0.15) is 13.2 Å². The highest BCUT2D eigenvalue weighted by atomic mass is 19.4. The van der Waals surface area contributed by atoms with Gasteiger partial charge in [0.05, 0.1) is 5.69 Å². The van der Waals surface area contributed by atoms with Crippen molar-refractivity contribution in [3.8, 4) is 0 Å². The molecule has 0 saturated carbocycles. The predicted molar refractivity (Wildman–Crippen MR) is 58.1 cm³/mol. The smallest absolute Gasteiger partial charge is 0.369 e. The summed E-state index contributed by atoms with van der Waals surface area (Å²) in [4.78, 5) is 7.82. The second-order valence-electron chi connectivity index (χ2n) is 3.45. The highest BCUT2D eigenvalue weighted by molar-refractivity contribution is 5.75. The molecule has 0 aromatic carbocycles. The molecule has 90 valence electrons. The summed E-state index contributed by atoms with van der Waals surface area (Å²) in [6, 6.07) is 3.17. The summed E-state index contributed by atoms with van der Waals surface area (Å²) in [6.07, 6.45) is -2.92. The van der Waals surface area contributed by atoms with Gasteiger partial charge in [0.15, 0.2) is 5.65 Å². The van der Waals surface area contributed by atoms with Gasteiger partial charge in [-0.3, -0.25) is 4.57 Å². The molecule has 0 fully saturated rings. The molecule has 2 aromatic rings. The van der Waals surface area contributed by atoms with Crippen LogP contribution in [0.15, 0.2) is 18.7 Å². The number of alkyl halides is 3. The van der Waals surface area contributed by atoms with Crippen LogP contribution in [0.25, 0.3) is 17.2 Å². The molecule has 0 aliphatic carbocycles. The number of nitrogens with two attached hydrogens (primary N) is 1. The monoisotopic (exact) mass is 242 g/mol. The van der Waals surface area contributed by atoms with Gasteiger partial charge in [-0.05, 0) is 18.2 Å². The number of halogens is 3. The second-order valence-corrected chi connectivity index (χ2v) is 3.45. The van der Waals surface area contributed by atoms with E-state index >= 15 is 0 Å². The molecule has 2 aromatic heterocycles. The fraction of sp³-hybridized carbons (Fsp3) is 0.200. The standard InChI is InChI=1S/C10H9F3N4/c1-2-6-3-4-7-8(15-6)17(9(14)16-7)5-10(11,12)13/h2-4H,1,5H2,(H2,14,16). The van der Waals surface area contributed by atoms with Crippen molar-refractivity contribution in [2.45, 2.75) is 12.7 Å². The van der Waals surface area contributed by atoms with E-state index in [-0.39, 0.29) is 11.6 Å². The summed E-state index contributed by atoms with van der Waals surface area (Å²) in [7, 11) is 0. The third-order valence-electron chi connectivity index (χ3n) is 2.19. The number of rotatable bonds is 2. The molecule has 2 rings (SSSR count). The molecular formula is C10H9F3N4. The molecule has 0 bridgehead atoms. The van der Waals surface area contributed by atoms with E-state index in [4.69, 9.17) is 5.73 Å². The van der Waals surface area contributed by atoms with Crippen LogP contribution >= 0.6 is 0 Å². The molecule has 2 heterocycles. The lowest BCUT2D eigenvalue weighted by molar-refractivity contribution is -0.139. The molecular weight excluding hydrogens is 233 g/mol. The van der Waals surface area contributed by atoms with E-state index < -0.39 is 12.7 Å². The van der Waals surface area contributed by atoms with Crippen molar-refractivity contribution in [1.29, 1.82) is 0 Å². The van der Waals surface area contributed by atoms with Gasteiger partial charge in [-0.25, -0.2) is 9.97 Å². The lowest BCUT2D eigenvalue weighted by Gasteiger charge is -2.09. The number of imidazole rings is 1. The Hall–Kier alpha value is -2.05. The molecule has 4 nitrogen and oxygen atoms in total. The molecule has 0 saturated heterocycles. The van der Waals surface area contributed by atoms with Gasteiger partial charge >= 0.3 is 6.18 Å². The number of hydrogen-bond donors (Lipinski definition) is 1. The Bertz CT molecular complexity index is 571. The van der Waals surface area contributed by atoms with Crippen molar-refractivity contribution in [3.63, 3.8) is 0 Å². The summed E-state index contributed by atoms with van der Waals surface area (Å²) in [5.41, 5.74) is 6.35. The van der Waals surface area contributed by atoms with Crippen molar-refractivity contribution in [2.24, 2.45) is 0 Å². The van der Waals surface area contributed by atoms with E-state index in [0.29, 0.717) is 11.2 Å². The Labute approximate surface area is 94.6 Å². The molecule has 2 N–H and O–H groups in total. The number of aromatic nitrogens is 3. The highest BCUT2D eigenvalue weighted by Gasteiger charge is 2.30. The molecule has 17 heavy (non-hydrogen) atoms. The van der Waals surface area contributed by atoms with E-state index in [1.807, 2.05) is 0 Å². The van der Waals surface area contributed by atoms with Gasteiger partial charge in [0.1, 0.15) is 12.1 Å². The molecule has 0 aliphatic rings. The zero-order valence-corrected chi connectivity index (χ0v) is 8.70. The van der Waals surface area contributed by atoms with Crippen molar-refractivity contribution in [1.82, 2.24) is 14.5 Å². The normalized spacial score (nSPS) is 11.9. The van der Waals surface area contributed by atoms with Gasteiger partial charge < -0.3 is 5.73 Å². The van der Waals surface area contributed by atoms with E-state index in [0.717, 1.165) is 4.57 Å². The summed E-state index contributed by atoms with van der Waals surface area (Å²) < 4.78 is 37.9. The Kier molecular flexibility index (Phi) is 2.53. The average Bonchev–Trinajstić information content (AvgIpc) is 2.53. The Morgan fingerprint density at radius 3 is 2.65 bits per heavy atom. The van der Waals surface area contributed by atoms with Gasteiger partial charge in [-0.1, -0.05) is 6.58 Å². The topological polar surface area (TPSA) is 56.7 Å². The van der Waals surface area contributed by atoms with Crippen LogP contribution in [0.3, 0.4) is 0 Å². The average molecular weight is 242 g/mol. The molecule has 0 radical (unpaired) electrons. The summed E-state index contributed by atoms with van der Waals surface area (Å²) >= 11 is 0. The molecule has 0 aliphatic heterocycles. The first-order valence-electron chi connectivity index (χ1n) is 4.72. The zero-order chi connectivity index (χ0) is 12.6. The maximum Gasteiger partial charge on any atom is 0.406 e. The number of nitrogens with zero attached hydrogens (tertiary/aromatic N) is 3. The number of nitrogen functional groups attached to an aromatic ring is 1. The fourth-order valence-corrected chi connectivity index (χ4v) is 1.48. The zero-order valence-electron chi connectivity index (χ0n) is 8.70. The van der Waals surface area contributed by atoms with Crippen LogP contribution in [0.1, 0.15) is 5.69 Å².